The summed E-state index contributed by atoms with van der Waals surface area (Å²) >= 11 is 0. The van der Waals surface area contributed by atoms with E-state index in [2.05, 4.69) is 10.3 Å². The Kier molecular flexibility index (Phi) is 3.57. The van der Waals surface area contributed by atoms with E-state index in [0.29, 0.717) is 5.69 Å². The monoisotopic (exact) mass is 292 g/mol. The predicted molar refractivity (Wildman–Crippen MR) is 75.0 cm³/mol. The van der Waals surface area contributed by atoms with E-state index in [9.17, 15) is 13.2 Å². The average Bonchev–Trinajstić information content (AvgIpc) is 2.47. The second-order valence-electron chi connectivity index (χ2n) is 5.22. The highest BCUT2D eigenvalue weighted by Gasteiger charge is 2.30. The number of nitrogens with one attached hydrogen (secondary N) is 1. The Morgan fingerprint density at radius 3 is 2.81 bits per heavy atom. The molecule has 1 atom stereocenters. The van der Waals surface area contributed by atoms with Crippen molar-refractivity contribution in [1.82, 2.24) is 4.98 Å². The van der Waals surface area contributed by atoms with E-state index in [-0.39, 0.29) is 6.04 Å². The summed E-state index contributed by atoms with van der Waals surface area (Å²) in [4.78, 5) is 4.38. The first kappa shape index (κ1) is 13.9. The fourth-order valence-corrected chi connectivity index (χ4v) is 2.74. The molecule has 0 aliphatic heterocycles. The lowest BCUT2D eigenvalue weighted by molar-refractivity contribution is -0.137. The zero-order valence-electron chi connectivity index (χ0n) is 11.3. The Hall–Kier alpha value is -2.04. The molecule has 5 heteroatoms. The maximum atomic E-state index is 12.7. The number of anilines is 1. The number of pyridine rings is 1. The number of rotatable bonds is 2. The number of halogens is 3. The van der Waals surface area contributed by atoms with Crippen molar-refractivity contribution in [3.8, 4) is 0 Å². The van der Waals surface area contributed by atoms with E-state index in [1.807, 2.05) is 12.1 Å². The van der Waals surface area contributed by atoms with Gasteiger partial charge >= 0.3 is 6.18 Å². The minimum atomic E-state index is -4.32. The molecule has 0 fully saturated rings. The Bertz CT molecular complexity index is 637. The molecule has 0 saturated heterocycles. The lowest BCUT2D eigenvalue weighted by Crippen LogP contribution is -2.19. The van der Waals surface area contributed by atoms with Crippen LogP contribution in [0.4, 0.5) is 18.9 Å². The Labute approximate surface area is 121 Å². The quantitative estimate of drug-likeness (QED) is 0.875. The van der Waals surface area contributed by atoms with Gasteiger partial charge in [0.1, 0.15) is 0 Å². The number of aromatic nitrogens is 1. The molecule has 0 radical (unpaired) electrons. The van der Waals surface area contributed by atoms with Crippen LogP contribution in [0.5, 0.6) is 0 Å². The smallest absolute Gasteiger partial charge is 0.377 e. The minimum absolute atomic E-state index is 0.0292. The van der Waals surface area contributed by atoms with Gasteiger partial charge in [0.05, 0.1) is 17.3 Å². The van der Waals surface area contributed by atoms with E-state index >= 15 is 0 Å². The van der Waals surface area contributed by atoms with Crippen molar-refractivity contribution in [3.05, 3.63) is 59.4 Å². The van der Waals surface area contributed by atoms with Gasteiger partial charge in [0.25, 0.3) is 0 Å². The Balaban J connectivity index is 1.85. The highest BCUT2D eigenvalue weighted by molar-refractivity contribution is 5.49. The number of hydrogen-bond donors (Lipinski definition) is 1. The van der Waals surface area contributed by atoms with Crippen LogP contribution in [0.2, 0.25) is 0 Å². The lowest BCUT2D eigenvalue weighted by atomic mass is 9.91. The molecular formula is C16H15F3N2. The van der Waals surface area contributed by atoms with Crippen molar-refractivity contribution in [1.29, 1.82) is 0 Å². The van der Waals surface area contributed by atoms with E-state index in [0.717, 1.165) is 37.1 Å². The van der Waals surface area contributed by atoms with Crippen molar-refractivity contribution in [3.63, 3.8) is 0 Å². The van der Waals surface area contributed by atoms with Crippen LogP contribution >= 0.6 is 0 Å². The first-order valence-electron chi connectivity index (χ1n) is 6.91. The maximum absolute atomic E-state index is 12.7. The normalized spacial score (nSPS) is 18.1. The topological polar surface area (TPSA) is 24.9 Å². The van der Waals surface area contributed by atoms with E-state index < -0.39 is 11.7 Å². The van der Waals surface area contributed by atoms with Crippen LogP contribution in [0.3, 0.4) is 0 Å². The molecule has 1 heterocycles. The van der Waals surface area contributed by atoms with Gasteiger partial charge < -0.3 is 5.32 Å². The number of aryl methyl sites for hydroxylation is 1. The fraction of sp³-hybridized carbons (Fsp3) is 0.312. The fourth-order valence-electron chi connectivity index (χ4n) is 2.74. The van der Waals surface area contributed by atoms with Crippen LogP contribution in [-0.2, 0) is 12.6 Å². The molecule has 0 bridgehead atoms. The van der Waals surface area contributed by atoms with Crippen molar-refractivity contribution in [2.24, 2.45) is 0 Å². The number of hydrogen-bond acceptors (Lipinski definition) is 2. The highest BCUT2D eigenvalue weighted by atomic mass is 19.4. The summed E-state index contributed by atoms with van der Waals surface area (Å²) in [5.74, 6) is 0. The number of fused-ring (bicyclic) bond motifs is 1. The molecule has 1 aliphatic rings. The molecule has 0 saturated carbocycles. The van der Waals surface area contributed by atoms with Gasteiger partial charge in [-0.25, -0.2) is 0 Å². The third-order valence-corrected chi connectivity index (χ3v) is 3.73. The SMILES string of the molecule is FC(F)(F)c1cccc(NC2CCCc3cccnc32)c1. The van der Waals surface area contributed by atoms with Gasteiger partial charge in [0.2, 0.25) is 0 Å². The standard InChI is InChI=1S/C16H15F3N2/c17-16(18,19)12-6-2-7-13(10-12)21-14-8-1-4-11-5-3-9-20-15(11)14/h2-3,5-7,9-10,14,21H,1,4,8H2. The summed E-state index contributed by atoms with van der Waals surface area (Å²) < 4.78 is 38.2. The Morgan fingerprint density at radius 2 is 2.00 bits per heavy atom. The summed E-state index contributed by atoms with van der Waals surface area (Å²) in [5.41, 5.74) is 1.97. The van der Waals surface area contributed by atoms with E-state index in [1.54, 1.807) is 12.3 Å². The summed E-state index contributed by atoms with van der Waals surface area (Å²) in [6.45, 7) is 0. The van der Waals surface area contributed by atoms with E-state index in [4.69, 9.17) is 0 Å². The van der Waals surface area contributed by atoms with Crippen LogP contribution in [-0.4, -0.2) is 4.98 Å². The molecule has 1 N–H and O–H groups in total. The second-order valence-corrected chi connectivity index (χ2v) is 5.22. The number of nitrogens with zero attached hydrogens (tertiary/aromatic N) is 1. The average molecular weight is 292 g/mol. The molecule has 1 aromatic heterocycles. The van der Waals surface area contributed by atoms with Gasteiger partial charge in [-0.2, -0.15) is 13.2 Å². The third kappa shape index (κ3) is 3.01. The van der Waals surface area contributed by atoms with Crippen LogP contribution in [0.25, 0.3) is 0 Å². The molecule has 3 rings (SSSR count). The molecule has 2 nitrogen and oxygen atoms in total. The van der Waals surface area contributed by atoms with Gasteiger partial charge in [0, 0.05) is 11.9 Å². The molecular weight excluding hydrogens is 277 g/mol. The summed E-state index contributed by atoms with van der Waals surface area (Å²) in [6.07, 6.45) is 0.269. The van der Waals surface area contributed by atoms with Crippen LogP contribution in [0.15, 0.2) is 42.6 Å². The molecule has 2 aromatic rings. The van der Waals surface area contributed by atoms with Gasteiger partial charge in [0.15, 0.2) is 0 Å². The zero-order valence-corrected chi connectivity index (χ0v) is 11.3. The third-order valence-electron chi connectivity index (χ3n) is 3.73. The van der Waals surface area contributed by atoms with Crippen molar-refractivity contribution < 1.29 is 13.2 Å². The van der Waals surface area contributed by atoms with E-state index in [1.165, 1.54) is 11.6 Å². The molecule has 1 unspecified atom stereocenters. The largest absolute Gasteiger partial charge is 0.416 e. The highest BCUT2D eigenvalue weighted by Crippen LogP contribution is 2.34. The summed E-state index contributed by atoms with van der Waals surface area (Å²) in [6, 6.07) is 9.21. The van der Waals surface area contributed by atoms with Gasteiger partial charge in [-0.15, -0.1) is 0 Å². The minimum Gasteiger partial charge on any atom is -0.377 e. The summed E-state index contributed by atoms with van der Waals surface area (Å²) in [5, 5.41) is 3.19. The van der Waals surface area contributed by atoms with Gasteiger partial charge in [-0.05, 0) is 49.1 Å². The Morgan fingerprint density at radius 1 is 1.14 bits per heavy atom. The lowest BCUT2D eigenvalue weighted by Gasteiger charge is -2.26. The second kappa shape index (κ2) is 5.39. The number of benzene rings is 1. The molecule has 0 spiro atoms. The molecule has 21 heavy (non-hydrogen) atoms. The van der Waals surface area contributed by atoms with Gasteiger partial charge in [-0.1, -0.05) is 12.1 Å². The number of alkyl halides is 3. The molecule has 1 aliphatic carbocycles. The predicted octanol–water partition coefficient (Wildman–Crippen LogP) is 4.59. The van der Waals surface area contributed by atoms with Gasteiger partial charge in [-0.3, -0.25) is 4.98 Å². The van der Waals surface area contributed by atoms with Crippen LogP contribution < -0.4 is 5.32 Å². The van der Waals surface area contributed by atoms with Crippen molar-refractivity contribution in [2.45, 2.75) is 31.5 Å². The van der Waals surface area contributed by atoms with Crippen LogP contribution in [0, 0.1) is 0 Å². The first-order valence-corrected chi connectivity index (χ1v) is 6.91. The summed E-state index contributed by atoms with van der Waals surface area (Å²) in [7, 11) is 0. The van der Waals surface area contributed by atoms with Crippen molar-refractivity contribution >= 4 is 5.69 Å². The molecule has 110 valence electrons. The van der Waals surface area contributed by atoms with Crippen molar-refractivity contribution in [2.75, 3.05) is 5.32 Å². The zero-order chi connectivity index (χ0) is 14.9. The molecule has 0 amide bonds. The molecule has 1 aromatic carbocycles. The first-order chi connectivity index (χ1) is 10.0. The van der Waals surface area contributed by atoms with Crippen LogP contribution in [0.1, 0.15) is 35.7 Å². The maximum Gasteiger partial charge on any atom is 0.416 e.